The zero-order valence-electron chi connectivity index (χ0n) is 15.3. The molecule has 2 aromatic heterocycles. The summed E-state index contributed by atoms with van der Waals surface area (Å²) in [7, 11) is -3.65. The summed E-state index contributed by atoms with van der Waals surface area (Å²) in [6, 6.07) is 9.45. The molecule has 1 aliphatic rings. The average Bonchev–Trinajstić information content (AvgIpc) is 3.17. The second kappa shape index (κ2) is 6.75. The number of hydrogen-bond acceptors (Lipinski definition) is 6. The van der Waals surface area contributed by atoms with Gasteiger partial charge in [-0.2, -0.15) is 0 Å². The molecule has 3 aromatic rings. The van der Waals surface area contributed by atoms with Crippen LogP contribution in [-0.4, -0.2) is 35.6 Å². The van der Waals surface area contributed by atoms with E-state index in [-0.39, 0.29) is 17.3 Å². The molecule has 0 fully saturated rings. The quantitative estimate of drug-likeness (QED) is 0.676. The molecule has 1 aliphatic heterocycles. The Hall–Kier alpha value is -3.20. The second-order valence-electron chi connectivity index (χ2n) is 6.57. The molecule has 0 radical (unpaired) electrons. The number of aliphatic imine (C=N–C) groups is 1. The van der Waals surface area contributed by atoms with Gasteiger partial charge in [-0.3, -0.25) is 9.71 Å². The van der Waals surface area contributed by atoms with Crippen molar-refractivity contribution >= 4 is 27.5 Å². The molecular weight excluding hydrogens is 380 g/mol. The summed E-state index contributed by atoms with van der Waals surface area (Å²) in [5.74, 6) is -0.424. The van der Waals surface area contributed by atoms with Gasteiger partial charge >= 0.3 is 5.97 Å². The number of rotatable bonds is 4. The standard InChI is InChI=1S/C19H18N4O4S/c1-12-7-8-17-21-14(10-23(17)9-12)11-27-19(24)13(2)20-18-15-5-3-4-6-16(15)28(25,26)22-18/h3-10,13H,11H2,1-2H3,(H,20,22). The largest absolute Gasteiger partial charge is 0.458 e. The first-order chi connectivity index (χ1) is 13.3. The van der Waals surface area contributed by atoms with Crippen molar-refractivity contribution in [1.82, 2.24) is 14.1 Å². The van der Waals surface area contributed by atoms with Crippen LogP contribution in [0.5, 0.6) is 0 Å². The summed E-state index contributed by atoms with van der Waals surface area (Å²) in [5, 5.41) is 0. The Labute approximate surface area is 161 Å². The number of fused-ring (bicyclic) bond motifs is 2. The van der Waals surface area contributed by atoms with Crippen LogP contribution < -0.4 is 4.72 Å². The average molecular weight is 398 g/mol. The van der Waals surface area contributed by atoms with Crippen molar-refractivity contribution in [3.8, 4) is 0 Å². The Balaban J connectivity index is 1.47. The summed E-state index contributed by atoms with van der Waals surface area (Å²) in [6.07, 6.45) is 3.74. The number of hydrogen-bond donors (Lipinski definition) is 1. The Kier molecular flexibility index (Phi) is 4.38. The Morgan fingerprint density at radius 2 is 2.04 bits per heavy atom. The molecule has 0 spiro atoms. The first-order valence-corrected chi connectivity index (χ1v) is 10.1. The van der Waals surface area contributed by atoms with Crippen LogP contribution in [0.4, 0.5) is 0 Å². The second-order valence-corrected chi connectivity index (χ2v) is 8.22. The van der Waals surface area contributed by atoms with Crippen molar-refractivity contribution in [2.75, 3.05) is 0 Å². The zero-order valence-corrected chi connectivity index (χ0v) is 16.1. The predicted octanol–water partition coefficient (Wildman–Crippen LogP) is 1.81. The molecule has 1 unspecified atom stereocenters. The molecule has 0 bridgehead atoms. The minimum Gasteiger partial charge on any atom is -0.458 e. The summed E-state index contributed by atoms with van der Waals surface area (Å²) in [6.45, 7) is 3.55. The summed E-state index contributed by atoms with van der Waals surface area (Å²) < 4.78 is 33.8. The number of carbonyl (C=O) groups excluding carboxylic acids is 1. The number of nitrogens with zero attached hydrogens (tertiary/aromatic N) is 3. The molecule has 9 heteroatoms. The molecule has 1 N–H and O–H groups in total. The van der Waals surface area contributed by atoms with Gasteiger partial charge in [-0.05, 0) is 37.6 Å². The monoisotopic (exact) mass is 398 g/mol. The van der Waals surface area contributed by atoms with Crippen LogP contribution in [0.25, 0.3) is 5.65 Å². The van der Waals surface area contributed by atoms with Crippen LogP contribution in [0.1, 0.15) is 23.7 Å². The number of carbonyl (C=O) groups is 1. The van der Waals surface area contributed by atoms with Gasteiger partial charge in [0, 0.05) is 18.0 Å². The van der Waals surface area contributed by atoms with Crippen LogP contribution >= 0.6 is 0 Å². The molecule has 28 heavy (non-hydrogen) atoms. The fraction of sp³-hybridized carbons (Fsp3) is 0.211. The molecule has 4 rings (SSSR count). The lowest BCUT2D eigenvalue weighted by atomic mass is 10.2. The van der Waals surface area contributed by atoms with Crippen LogP contribution in [0.15, 0.2) is 58.7 Å². The molecule has 1 aromatic carbocycles. The first-order valence-electron chi connectivity index (χ1n) is 8.64. The Morgan fingerprint density at radius 1 is 1.25 bits per heavy atom. The SMILES string of the molecule is Cc1ccc2nc(COC(=O)C(C)N=C3NS(=O)(=O)c4ccccc43)cn2c1. The molecule has 3 heterocycles. The van der Waals surface area contributed by atoms with E-state index in [0.717, 1.165) is 11.2 Å². The third-order valence-electron chi connectivity index (χ3n) is 4.34. The highest BCUT2D eigenvalue weighted by Gasteiger charge is 2.31. The smallest absolute Gasteiger partial charge is 0.331 e. The summed E-state index contributed by atoms with van der Waals surface area (Å²) >= 11 is 0. The maximum atomic E-state index is 12.3. The van der Waals surface area contributed by atoms with Crippen LogP contribution in [0.3, 0.4) is 0 Å². The van der Waals surface area contributed by atoms with Gasteiger partial charge in [-0.25, -0.2) is 18.2 Å². The third-order valence-corrected chi connectivity index (χ3v) is 5.73. The van der Waals surface area contributed by atoms with E-state index in [1.54, 1.807) is 31.3 Å². The molecular formula is C19H18N4O4S. The number of ether oxygens (including phenoxy) is 1. The normalized spacial score (nSPS) is 17.3. The topological polar surface area (TPSA) is 102 Å². The molecule has 0 saturated heterocycles. The fourth-order valence-electron chi connectivity index (χ4n) is 2.97. The molecule has 0 aliphatic carbocycles. The highest BCUT2D eigenvalue weighted by Crippen LogP contribution is 2.22. The minimum absolute atomic E-state index is 0.0110. The summed E-state index contributed by atoms with van der Waals surface area (Å²) in [5.41, 5.74) is 2.92. The van der Waals surface area contributed by atoms with Gasteiger partial charge in [0.2, 0.25) is 0 Å². The highest BCUT2D eigenvalue weighted by molar-refractivity contribution is 7.90. The number of sulfonamides is 1. The lowest BCUT2D eigenvalue weighted by molar-refractivity contribution is -0.146. The number of amidine groups is 1. The summed E-state index contributed by atoms with van der Waals surface area (Å²) in [4.78, 5) is 21.1. The van der Waals surface area contributed by atoms with E-state index >= 15 is 0 Å². The zero-order chi connectivity index (χ0) is 19.9. The van der Waals surface area contributed by atoms with Crippen molar-refractivity contribution in [1.29, 1.82) is 0 Å². The van der Waals surface area contributed by atoms with Crippen molar-refractivity contribution in [2.45, 2.75) is 31.4 Å². The number of aryl methyl sites for hydroxylation is 1. The molecule has 1 atom stereocenters. The number of pyridine rings is 1. The first kappa shape index (κ1) is 18.2. The van der Waals surface area contributed by atoms with Gasteiger partial charge in [0.05, 0.1) is 10.6 Å². The third kappa shape index (κ3) is 3.36. The van der Waals surface area contributed by atoms with E-state index in [0.29, 0.717) is 11.3 Å². The number of benzene rings is 1. The molecule has 0 saturated carbocycles. The van der Waals surface area contributed by atoms with Gasteiger partial charge in [-0.15, -0.1) is 0 Å². The van der Waals surface area contributed by atoms with Gasteiger partial charge in [-0.1, -0.05) is 18.2 Å². The van der Waals surface area contributed by atoms with Gasteiger partial charge < -0.3 is 9.14 Å². The number of nitrogens with one attached hydrogen (secondary N) is 1. The van der Waals surface area contributed by atoms with E-state index in [2.05, 4.69) is 14.7 Å². The van der Waals surface area contributed by atoms with Crippen molar-refractivity contribution in [3.05, 3.63) is 65.6 Å². The molecule has 144 valence electrons. The number of imidazole rings is 1. The number of esters is 1. The number of aromatic nitrogens is 2. The van der Waals surface area contributed by atoms with Gasteiger partial charge in [0.1, 0.15) is 24.1 Å². The van der Waals surface area contributed by atoms with E-state index in [9.17, 15) is 13.2 Å². The van der Waals surface area contributed by atoms with Crippen molar-refractivity contribution < 1.29 is 17.9 Å². The fourth-order valence-corrected chi connectivity index (χ4v) is 4.21. The lowest BCUT2D eigenvalue weighted by Gasteiger charge is -2.08. The maximum Gasteiger partial charge on any atom is 0.331 e. The van der Waals surface area contributed by atoms with Gasteiger partial charge in [0.25, 0.3) is 10.0 Å². The maximum absolute atomic E-state index is 12.3. The minimum atomic E-state index is -3.65. The highest BCUT2D eigenvalue weighted by atomic mass is 32.2. The van der Waals surface area contributed by atoms with E-state index in [1.807, 2.05) is 29.7 Å². The van der Waals surface area contributed by atoms with E-state index in [4.69, 9.17) is 4.74 Å². The molecule has 0 amide bonds. The van der Waals surface area contributed by atoms with Crippen molar-refractivity contribution in [3.63, 3.8) is 0 Å². The predicted molar refractivity (Wildman–Crippen MR) is 102 cm³/mol. The van der Waals surface area contributed by atoms with E-state index < -0.39 is 22.0 Å². The molecule has 8 nitrogen and oxygen atoms in total. The van der Waals surface area contributed by atoms with Crippen molar-refractivity contribution in [2.24, 2.45) is 4.99 Å². The van der Waals surface area contributed by atoms with Crippen LogP contribution in [0, 0.1) is 6.92 Å². The lowest BCUT2D eigenvalue weighted by Crippen LogP contribution is -2.26. The van der Waals surface area contributed by atoms with E-state index in [1.165, 1.54) is 6.07 Å². The van der Waals surface area contributed by atoms with Crippen LogP contribution in [0.2, 0.25) is 0 Å². The van der Waals surface area contributed by atoms with Crippen LogP contribution in [-0.2, 0) is 26.2 Å². The van der Waals surface area contributed by atoms with Gasteiger partial charge in [0.15, 0.2) is 0 Å². The Bertz CT molecular complexity index is 1210. The Morgan fingerprint density at radius 3 is 2.86 bits per heavy atom.